The van der Waals surface area contributed by atoms with Crippen LogP contribution in [0.15, 0.2) is 30.6 Å². The largest absolute Gasteiger partial charge is 0.330 e. The number of aryl methyl sites for hydroxylation is 1. The molecule has 0 bridgehead atoms. The smallest absolute Gasteiger partial charge is 0.254 e. The number of carbonyl (C=O) groups is 1. The molecule has 1 aromatic carbocycles. The van der Waals surface area contributed by atoms with Crippen LogP contribution in [0.3, 0.4) is 0 Å². The first kappa shape index (κ1) is 15.9. The van der Waals surface area contributed by atoms with Crippen molar-refractivity contribution in [2.24, 2.45) is 0 Å². The predicted molar refractivity (Wildman–Crippen MR) is 91.3 cm³/mol. The predicted octanol–water partition coefficient (Wildman–Crippen LogP) is 2.93. The van der Waals surface area contributed by atoms with Crippen LogP contribution in [0.25, 0.3) is 5.13 Å². The van der Waals surface area contributed by atoms with Gasteiger partial charge < -0.3 is 4.90 Å². The van der Waals surface area contributed by atoms with Crippen LogP contribution in [0.5, 0.6) is 0 Å². The van der Waals surface area contributed by atoms with Gasteiger partial charge in [0.1, 0.15) is 18.0 Å². The maximum absolute atomic E-state index is 13.1. The lowest BCUT2D eigenvalue weighted by Crippen LogP contribution is -2.39. The number of benzene rings is 1. The van der Waals surface area contributed by atoms with E-state index in [1.54, 1.807) is 11.2 Å². The van der Waals surface area contributed by atoms with Crippen molar-refractivity contribution in [1.29, 1.82) is 0 Å². The second kappa shape index (κ2) is 6.03. The van der Waals surface area contributed by atoms with Gasteiger partial charge in [-0.15, -0.1) is 0 Å². The van der Waals surface area contributed by atoms with Gasteiger partial charge in [0.05, 0.1) is 17.4 Å². The molecule has 8 heteroatoms. The summed E-state index contributed by atoms with van der Waals surface area (Å²) in [5.41, 5.74) is 2.41. The Morgan fingerprint density at radius 3 is 2.76 bits per heavy atom. The molecule has 6 nitrogen and oxygen atoms in total. The van der Waals surface area contributed by atoms with Crippen molar-refractivity contribution in [3.8, 4) is 5.13 Å². The minimum atomic E-state index is -0.350. The van der Waals surface area contributed by atoms with E-state index in [2.05, 4.69) is 14.3 Å². The molecule has 3 heterocycles. The van der Waals surface area contributed by atoms with Crippen molar-refractivity contribution >= 4 is 17.4 Å². The molecule has 128 valence electrons. The SMILES string of the molecule is Cc1nsc(-n2cnc3c2CCN(C(=O)c2ccc(F)cc2)C3C)n1. The Morgan fingerprint density at radius 1 is 1.32 bits per heavy atom. The Hall–Kier alpha value is -2.61. The molecule has 3 aromatic rings. The molecule has 0 spiro atoms. The van der Waals surface area contributed by atoms with Crippen LogP contribution in [-0.2, 0) is 6.42 Å². The number of fused-ring (bicyclic) bond motifs is 1. The number of halogens is 1. The van der Waals surface area contributed by atoms with Crippen molar-refractivity contribution in [2.45, 2.75) is 26.3 Å². The normalized spacial score (nSPS) is 16.8. The van der Waals surface area contributed by atoms with Gasteiger partial charge in [0.15, 0.2) is 0 Å². The van der Waals surface area contributed by atoms with E-state index in [0.717, 1.165) is 22.3 Å². The van der Waals surface area contributed by atoms with E-state index in [-0.39, 0.29) is 17.8 Å². The van der Waals surface area contributed by atoms with Crippen LogP contribution in [0.4, 0.5) is 4.39 Å². The molecule has 4 rings (SSSR count). The van der Waals surface area contributed by atoms with Gasteiger partial charge in [0, 0.05) is 30.1 Å². The Kier molecular flexibility index (Phi) is 3.84. The highest BCUT2D eigenvalue weighted by atomic mass is 32.1. The monoisotopic (exact) mass is 357 g/mol. The number of carbonyl (C=O) groups excluding carboxylic acids is 1. The average Bonchev–Trinajstić information content (AvgIpc) is 3.21. The van der Waals surface area contributed by atoms with Gasteiger partial charge in [0.2, 0.25) is 5.13 Å². The summed E-state index contributed by atoms with van der Waals surface area (Å²) in [6.07, 6.45) is 2.43. The van der Waals surface area contributed by atoms with Crippen molar-refractivity contribution in [2.75, 3.05) is 6.54 Å². The molecule has 2 aromatic heterocycles. The molecule has 0 saturated heterocycles. The number of imidazole rings is 1. The third kappa shape index (κ3) is 2.72. The first-order chi connectivity index (χ1) is 12.0. The molecule has 0 radical (unpaired) electrons. The van der Waals surface area contributed by atoms with Gasteiger partial charge in [-0.25, -0.2) is 14.4 Å². The molecule has 0 N–H and O–H groups in total. The molecule has 1 unspecified atom stereocenters. The fourth-order valence-corrected chi connectivity index (χ4v) is 3.81. The summed E-state index contributed by atoms with van der Waals surface area (Å²) in [4.78, 5) is 23.5. The van der Waals surface area contributed by atoms with Crippen molar-refractivity contribution in [3.63, 3.8) is 0 Å². The van der Waals surface area contributed by atoms with Crippen LogP contribution in [-0.4, -0.2) is 36.3 Å². The van der Waals surface area contributed by atoms with E-state index >= 15 is 0 Å². The highest BCUT2D eigenvalue weighted by Gasteiger charge is 2.32. The maximum Gasteiger partial charge on any atom is 0.254 e. The van der Waals surface area contributed by atoms with Crippen molar-refractivity contribution < 1.29 is 9.18 Å². The Bertz CT molecular complexity index is 933. The number of nitrogens with zero attached hydrogens (tertiary/aromatic N) is 5. The van der Waals surface area contributed by atoms with E-state index < -0.39 is 0 Å². The first-order valence-corrected chi connectivity index (χ1v) is 8.75. The summed E-state index contributed by atoms with van der Waals surface area (Å²) in [5, 5.41) is 0.789. The van der Waals surface area contributed by atoms with Crippen LogP contribution in [0.2, 0.25) is 0 Å². The van der Waals surface area contributed by atoms with Crippen LogP contribution >= 0.6 is 11.5 Å². The molecule has 1 amide bonds. The Balaban J connectivity index is 1.63. The minimum absolute atomic E-state index is 0.112. The number of hydrogen-bond donors (Lipinski definition) is 0. The molecule has 25 heavy (non-hydrogen) atoms. The zero-order valence-electron chi connectivity index (χ0n) is 13.8. The molecular weight excluding hydrogens is 341 g/mol. The molecule has 1 aliphatic heterocycles. The number of aromatic nitrogens is 4. The lowest BCUT2D eigenvalue weighted by molar-refractivity contribution is 0.0672. The Morgan fingerprint density at radius 2 is 2.08 bits per heavy atom. The molecule has 1 aliphatic rings. The zero-order chi connectivity index (χ0) is 17.6. The molecule has 1 atom stereocenters. The van der Waals surface area contributed by atoms with Gasteiger partial charge >= 0.3 is 0 Å². The van der Waals surface area contributed by atoms with Crippen molar-refractivity contribution in [3.05, 3.63) is 59.2 Å². The number of hydrogen-bond acceptors (Lipinski definition) is 5. The number of rotatable bonds is 2. The quantitative estimate of drug-likeness (QED) is 0.707. The van der Waals surface area contributed by atoms with Gasteiger partial charge in [-0.3, -0.25) is 9.36 Å². The maximum atomic E-state index is 13.1. The topological polar surface area (TPSA) is 63.9 Å². The second-order valence-electron chi connectivity index (χ2n) is 6.00. The van der Waals surface area contributed by atoms with E-state index in [1.165, 1.54) is 35.8 Å². The second-order valence-corrected chi connectivity index (χ2v) is 6.73. The summed E-state index contributed by atoms with van der Waals surface area (Å²) < 4.78 is 19.3. The fourth-order valence-electron chi connectivity index (χ4n) is 3.14. The van der Waals surface area contributed by atoms with Crippen LogP contribution in [0, 0.1) is 12.7 Å². The molecular formula is C17H16FN5OS. The summed E-state index contributed by atoms with van der Waals surface area (Å²) >= 11 is 1.33. The third-order valence-electron chi connectivity index (χ3n) is 4.43. The van der Waals surface area contributed by atoms with Crippen LogP contribution < -0.4 is 0 Å². The minimum Gasteiger partial charge on any atom is -0.330 e. The van der Waals surface area contributed by atoms with Gasteiger partial charge in [-0.1, -0.05) is 0 Å². The fraction of sp³-hybridized carbons (Fsp3) is 0.294. The van der Waals surface area contributed by atoms with Gasteiger partial charge in [0.25, 0.3) is 5.91 Å². The standard InChI is InChI=1S/C17H16FN5OS/c1-10-15-14(23(9-19-15)17-20-11(2)21-25-17)7-8-22(10)16(24)12-3-5-13(18)6-4-12/h3-6,9-10H,7-8H2,1-2H3. The van der Waals surface area contributed by atoms with Crippen LogP contribution in [0.1, 0.15) is 40.5 Å². The summed E-state index contributed by atoms with van der Waals surface area (Å²) in [6.45, 7) is 4.39. The van der Waals surface area contributed by atoms with Crippen molar-refractivity contribution in [1.82, 2.24) is 23.8 Å². The van der Waals surface area contributed by atoms with Gasteiger partial charge in [-0.2, -0.15) is 4.37 Å². The molecule has 0 saturated carbocycles. The van der Waals surface area contributed by atoms with E-state index in [1.807, 2.05) is 18.4 Å². The molecule has 0 fully saturated rings. The first-order valence-electron chi connectivity index (χ1n) is 7.98. The highest BCUT2D eigenvalue weighted by Crippen LogP contribution is 2.31. The summed E-state index contributed by atoms with van der Waals surface area (Å²) in [6, 6.07) is 5.49. The van der Waals surface area contributed by atoms with E-state index in [4.69, 9.17) is 0 Å². The third-order valence-corrected chi connectivity index (χ3v) is 5.23. The highest BCUT2D eigenvalue weighted by molar-refractivity contribution is 7.08. The lowest BCUT2D eigenvalue weighted by atomic mass is 10.0. The van der Waals surface area contributed by atoms with E-state index in [0.29, 0.717) is 18.5 Å². The molecule has 0 aliphatic carbocycles. The van der Waals surface area contributed by atoms with E-state index in [9.17, 15) is 9.18 Å². The lowest BCUT2D eigenvalue weighted by Gasteiger charge is -2.33. The average molecular weight is 357 g/mol. The number of amides is 1. The summed E-state index contributed by atoms with van der Waals surface area (Å²) in [7, 11) is 0. The summed E-state index contributed by atoms with van der Waals surface area (Å²) in [5.74, 6) is 0.274. The van der Waals surface area contributed by atoms with Gasteiger partial charge in [-0.05, 0) is 38.1 Å². The Labute approximate surface area is 148 Å². The zero-order valence-corrected chi connectivity index (χ0v) is 14.6.